The van der Waals surface area contributed by atoms with E-state index in [4.69, 9.17) is 16.3 Å². The first-order valence-corrected chi connectivity index (χ1v) is 12.0. The Bertz CT molecular complexity index is 1120. The van der Waals surface area contributed by atoms with Crippen LogP contribution < -0.4 is 9.47 Å². The smallest absolute Gasteiger partial charge is 0.490 e. The number of rotatable bonds is 7. The van der Waals surface area contributed by atoms with E-state index in [1.165, 1.54) is 24.3 Å². The van der Waals surface area contributed by atoms with Crippen molar-refractivity contribution < 1.29 is 36.9 Å². The molecule has 2 saturated heterocycles. The van der Waals surface area contributed by atoms with Crippen LogP contribution in [0.1, 0.15) is 65.9 Å². The molecule has 2 atom stereocenters. The SMILES string of the molecule is O=C(O)c1cc(C2CC2)c(CN2C3CCC2CC(Oc2cc(Cl)cc(OC(F)(F)F)c2)C3)cc1F. The number of alkyl halides is 3. The standard InChI is InChI=1S/C25H24ClF4NO4/c26-15-6-18(10-20(7-15)35-25(28,29)30)34-19-8-16-3-4-17(9-19)31(16)12-14-5-23(27)22(24(32)33)11-21(14)13-1-2-13/h5-7,10-11,13,16-17,19H,1-4,8-9,12H2,(H,32,33). The van der Waals surface area contributed by atoms with Crippen LogP contribution in [0.15, 0.2) is 30.3 Å². The second-order valence-corrected chi connectivity index (χ2v) is 9.99. The lowest BCUT2D eigenvalue weighted by Gasteiger charge is -2.39. The summed E-state index contributed by atoms with van der Waals surface area (Å²) >= 11 is 5.97. The topological polar surface area (TPSA) is 59.0 Å². The number of halogens is 5. The Kier molecular flexibility index (Phi) is 6.34. The van der Waals surface area contributed by atoms with E-state index in [0.29, 0.717) is 19.4 Å². The minimum absolute atomic E-state index is 0.0848. The average Bonchev–Trinajstić information content (AvgIpc) is 3.53. The Morgan fingerprint density at radius 1 is 1.03 bits per heavy atom. The number of carboxylic acids is 1. The molecule has 1 saturated carbocycles. The Hall–Kier alpha value is -2.52. The van der Waals surface area contributed by atoms with Gasteiger partial charge < -0.3 is 14.6 Å². The zero-order valence-corrected chi connectivity index (χ0v) is 19.4. The van der Waals surface area contributed by atoms with Crippen molar-refractivity contribution in [1.82, 2.24) is 4.90 Å². The van der Waals surface area contributed by atoms with Crippen molar-refractivity contribution in [2.45, 2.75) is 75.5 Å². The van der Waals surface area contributed by atoms with Crippen LogP contribution in [0.5, 0.6) is 11.5 Å². The molecule has 5 nitrogen and oxygen atoms in total. The van der Waals surface area contributed by atoms with Gasteiger partial charge in [-0.15, -0.1) is 13.2 Å². The van der Waals surface area contributed by atoms with Crippen molar-refractivity contribution in [3.63, 3.8) is 0 Å². The van der Waals surface area contributed by atoms with E-state index < -0.39 is 23.9 Å². The molecule has 2 aliphatic heterocycles. The van der Waals surface area contributed by atoms with Gasteiger partial charge in [-0.25, -0.2) is 9.18 Å². The lowest BCUT2D eigenvalue weighted by Crippen LogP contribution is -2.45. The monoisotopic (exact) mass is 513 g/mol. The van der Waals surface area contributed by atoms with Crippen LogP contribution in [0.2, 0.25) is 5.02 Å². The van der Waals surface area contributed by atoms with Gasteiger partial charge in [0.05, 0.1) is 5.56 Å². The van der Waals surface area contributed by atoms with E-state index in [2.05, 4.69) is 9.64 Å². The highest BCUT2D eigenvalue weighted by Crippen LogP contribution is 2.45. The van der Waals surface area contributed by atoms with Gasteiger partial charge in [-0.1, -0.05) is 11.6 Å². The lowest BCUT2D eigenvalue weighted by atomic mass is 9.95. The largest absolute Gasteiger partial charge is 0.573 e. The van der Waals surface area contributed by atoms with Gasteiger partial charge in [0.15, 0.2) is 0 Å². The van der Waals surface area contributed by atoms with E-state index in [1.807, 2.05) is 0 Å². The fourth-order valence-corrected chi connectivity index (χ4v) is 5.69. The Morgan fingerprint density at radius 3 is 2.29 bits per heavy atom. The number of hydrogen-bond donors (Lipinski definition) is 1. The lowest BCUT2D eigenvalue weighted by molar-refractivity contribution is -0.274. The summed E-state index contributed by atoms with van der Waals surface area (Å²) < 4.78 is 62.3. The van der Waals surface area contributed by atoms with E-state index in [9.17, 15) is 27.5 Å². The van der Waals surface area contributed by atoms with Gasteiger partial charge in [-0.05, 0) is 79.8 Å². The highest BCUT2D eigenvalue weighted by molar-refractivity contribution is 6.30. The van der Waals surface area contributed by atoms with Crippen LogP contribution in [0, 0.1) is 5.82 Å². The molecular weight excluding hydrogens is 490 g/mol. The summed E-state index contributed by atoms with van der Waals surface area (Å²) in [6, 6.07) is 6.95. The minimum Gasteiger partial charge on any atom is -0.490 e. The third-order valence-electron chi connectivity index (χ3n) is 7.05. The maximum absolute atomic E-state index is 14.5. The van der Waals surface area contributed by atoms with Crippen LogP contribution in [-0.2, 0) is 6.54 Å². The van der Waals surface area contributed by atoms with Crippen molar-refractivity contribution in [2.24, 2.45) is 0 Å². The average molecular weight is 514 g/mol. The van der Waals surface area contributed by atoms with Gasteiger partial charge in [-0.3, -0.25) is 4.90 Å². The number of carbonyl (C=O) groups is 1. The molecule has 2 aromatic rings. The van der Waals surface area contributed by atoms with Crippen LogP contribution in [0.4, 0.5) is 17.6 Å². The van der Waals surface area contributed by atoms with Crippen LogP contribution >= 0.6 is 11.6 Å². The summed E-state index contributed by atoms with van der Waals surface area (Å²) in [7, 11) is 0. The quantitative estimate of drug-likeness (QED) is 0.427. The number of fused-ring (bicyclic) bond motifs is 2. The number of hydrogen-bond acceptors (Lipinski definition) is 4. The maximum atomic E-state index is 14.5. The molecule has 2 aromatic carbocycles. The maximum Gasteiger partial charge on any atom is 0.573 e. The molecule has 0 aromatic heterocycles. The second kappa shape index (κ2) is 9.17. The van der Waals surface area contributed by atoms with Gasteiger partial charge >= 0.3 is 12.3 Å². The number of carboxylic acid groups (broad SMARTS) is 1. The molecule has 1 N–H and O–H groups in total. The number of nitrogens with zero attached hydrogens (tertiary/aromatic N) is 1. The molecule has 1 aliphatic carbocycles. The molecule has 3 fully saturated rings. The zero-order chi connectivity index (χ0) is 24.9. The summed E-state index contributed by atoms with van der Waals surface area (Å²) in [5.41, 5.74) is 1.45. The first-order valence-electron chi connectivity index (χ1n) is 11.6. The number of ether oxygens (including phenoxy) is 2. The number of piperidine rings is 1. The normalized spacial score (nSPS) is 24.4. The molecular formula is C25H24ClF4NO4. The molecule has 5 rings (SSSR count). The van der Waals surface area contributed by atoms with Crippen molar-refractivity contribution >= 4 is 17.6 Å². The van der Waals surface area contributed by atoms with E-state index in [-0.39, 0.29) is 40.4 Å². The Labute approximate surface area is 204 Å². The fraction of sp³-hybridized carbons (Fsp3) is 0.480. The molecule has 188 valence electrons. The van der Waals surface area contributed by atoms with Gasteiger partial charge in [0.25, 0.3) is 0 Å². The summed E-state index contributed by atoms with van der Waals surface area (Å²) in [5.74, 6) is -1.92. The van der Waals surface area contributed by atoms with E-state index in [0.717, 1.165) is 42.9 Å². The molecule has 0 radical (unpaired) electrons. The molecule has 2 heterocycles. The van der Waals surface area contributed by atoms with E-state index >= 15 is 0 Å². The predicted molar refractivity (Wildman–Crippen MR) is 119 cm³/mol. The first-order chi connectivity index (χ1) is 16.6. The summed E-state index contributed by atoms with van der Waals surface area (Å²) in [6.45, 7) is 0.533. The molecule has 2 unspecified atom stereocenters. The van der Waals surface area contributed by atoms with E-state index in [1.54, 1.807) is 0 Å². The molecule has 2 bridgehead atoms. The van der Waals surface area contributed by atoms with Crippen molar-refractivity contribution in [3.05, 3.63) is 57.9 Å². The predicted octanol–water partition coefficient (Wildman–Crippen LogP) is 6.53. The summed E-state index contributed by atoms with van der Waals surface area (Å²) in [5, 5.41) is 9.39. The van der Waals surface area contributed by atoms with Crippen molar-refractivity contribution in [3.8, 4) is 11.5 Å². The Balaban J connectivity index is 1.29. The second-order valence-electron chi connectivity index (χ2n) is 9.55. The molecule has 10 heteroatoms. The molecule has 3 aliphatic rings. The van der Waals surface area contributed by atoms with Crippen LogP contribution in [-0.4, -0.2) is 40.5 Å². The molecule has 0 amide bonds. The number of aromatic carboxylic acids is 1. The number of benzene rings is 2. The van der Waals surface area contributed by atoms with Crippen LogP contribution in [0.3, 0.4) is 0 Å². The highest BCUT2D eigenvalue weighted by Gasteiger charge is 2.42. The summed E-state index contributed by atoms with van der Waals surface area (Å²) in [4.78, 5) is 13.7. The van der Waals surface area contributed by atoms with Gasteiger partial charge in [0, 0.05) is 29.7 Å². The van der Waals surface area contributed by atoms with Crippen molar-refractivity contribution in [1.29, 1.82) is 0 Å². The first kappa shape index (κ1) is 24.2. The fourth-order valence-electron chi connectivity index (χ4n) is 5.47. The van der Waals surface area contributed by atoms with Gasteiger partial charge in [0.2, 0.25) is 0 Å². The van der Waals surface area contributed by atoms with Crippen LogP contribution in [0.25, 0.3) is 0 Å². The zero-order valence-electron chi connectivity index (χ0n) is 18.7. The van der Waals surface area contributed by atoms with Crippen molar-refractivity contribution in [2.75, 3.05) is 0 Å². The third-order valence-corrected chi connectivity index (χ3v) is 7.27. The molecule has 35 heavy (non-hydrogen) atoms. The van der Waals surface area contributed by atoms with Gasteiger partial charge in [0.1, 0.15) is 23.4 Å². The summed E-state index contributed by atoms with van der Waals surface area (Å²) in [6.07, 6.45) is 0.150. The Morgan fingerprint density at radius 2 is 1.69 bits per heavy atom. The molecule has 0 spiro atoms. The van der Waals surface area contributed by atoms with Gasteiger partial charge in [-0.2, -0.15) is 0 Å². The highest BCUT2D eigenvalue weighted by atomic mass is 35.5. The third kappa shape index (κ3) is 5.51. The minimum atomic E-state index is -4.83.